The summed E-state index contributed by atoms with van der Waals surface area (Å²) in [7, 11) is 0. The van der Waals surface area contributed by atoms with Crippen molar-refractivity contribution in [2.75, 3.05) is 5.73 Å². The first-order valence-electron chi connectivity index (χ1n) is 5.51. The molecule has 0 fully saturated rings. The molecule has 0 amide bonds. The van der Waals surface area contributed by atoms with Crippen LogP contribution in [0.3, 0.4) is 0 Å². The lowest BCUT2D eigenvalue weighted by molar-refractivity contribution is -0.384. The van der Waals surface area contributed by atoms with Gasteiger partial charge in [0.15, 0.2) is 0 Å². The van der Waals surface area contributed by atoms with Crippen LogP contribution in [0.25, 0.3) is 0 Å². The second kappa shape index (κ2) is 5.18. The molecule has 19 heavy (non-hydrogen) atoms. The topological polar surface area (TPSA) is 108 Å². The summed E-state index contributed by atoms with van der Waals surface area (Å²) < 4.78 is 0. The van der Waals surface area contributed by atoms with Gasteiger partial charge in [-0.1, -0.05) is 30.3 Å². The number of anilines is 1. The minimum absolute atomic E-state index is 0.0544. The van der Waals surface area contributed by atoms with E-state index < -0.39 is 4.92 Å². The Labute approximate surface area is 109 Å². The third kappa shape index (κ3) is 2.52. The Bertz CT molecular complexity index is 638. The van der Waals surface area contributed by atoms with Crippen LogP contribution in [0.2, 0.25) is 0 Å². The van der Waals surface area contributed by atoms with Crippen LogP contribution in [0.1, 0.15) is 11.1 Å². The molecule has 4 N–H and O–H groups in total. The lowest BCUT2D eigenvalue weighted by Gasteiger charge is -2.08. The van der Waals surface area contributed by atoms with Crippen molar-refractivity contribution in [1.29, 1.82) is 0 Å². The van der Waals surface area contributed by atoms with Gasteiger partial charge in [0.25, 0.3) is 5.69 Å². The molecule has 2 aromatic carbocycles. The molecular weight excluding hydrogens is 244 g/mol. The molecule has 0 radical (unpaired) electrons. The Balaban J connectivity index is 2.56. The molecule has 6 nitrogen and oxygen atoms in total. The number of nitrogens with two attached hydrogens (primary N) is 2. The maximum atomic E-state index is 10.8. The summed E-state index contributed by atoms with van der Waals surface area (Å²) in [5.74, 6) is 5.39. The number of nitrogens with zero attached hydrogens (tertiary/aromatic N) is 2. The quantitative estimate of drug-likeness (QED) is 0.287. The fraction of sp³-hybridized carbons (Fsp3) is 0. The highest BCUT2D eigenvalue weighted by Gasteiger charge is 2.15. The highest BCUT2D eigenvalue weighted by molar-refractivity contribution is 6.15. The zero-order chi connectivity index (χ0) is 13.8. The first-order chi connectivity index (χ1) is 9.13. The normalized spacial score (nSPS) is 11.3. The molecular formula is C13H12N4O2. The number of hydrogen-bond acceptors (Lipinski definition) is 5. The largest absolute Gasteiger partial charge is 0.398 e. The molecule has 0 aliphatic heterocycles. The molecule has 0 bridgehead atoms. The van der Waals surface area contributed by atoms with Crippen LogP contribution >= 0.6 is 0 Å². The van der Waals surface area contributed by atoms with Gasteiger partial charge in [-0.25, -0.2) is 0 Å². The second-order valence-corrected chi connectivity index (χ2v) is 3.87. The van der Waals surface area contributed by atoms with E-state index in [0.717, 1.165) is 5.56 Å². The predicted octanol–water partition coefficient (Wildman–Crippen LogP) is 1.89. The molecule has 96 valence electrons. The van der Waals surface area contributed by atoms with Crippen LogP contribution in [0.4, 0.5) is 11.4 Å². The number of nitro groups is 1. The Morgan fingerprint density at radius 3 is 2.42 bits per heavy atom. The number of non-ortho nitro benzene ring substituents is 1. The molecule has 0 atom stereocenters. The Morgan fingerprint density at radius 1 is 1.16 bits per heavy atom. The average molecular weight is 256 g/mol. The summed E-state index contributed by atoms with van der Waals surface area (Å²) in [4.78, 5) is 10.3. The van der Waals surface area contributed by atoms with E-state index >= 15 is 0 Å². The van der Waals surface area contributed by atoms with E-state index in [0.29, 0.717) is 17.0 Å². The zero-order valence-electron chi connectivity index (χ0n) is 9.98. The number of hydrogen-bond donors (Lipinski definition) is 2. The van der Waals surface area contributed by atoms with Gasteiger partial charge in [0.2, 0.25) is 0 Å². The number of nitro benzene ring substituents is 1. The van der Waals surface area contributed by atoms with Crippen molar-refractivity contribution in [3.63, 3.8) is 0 Å². The van der Waals surface area contributed by atoms with E-state index in [-0.39, 0.29) is 5.69 Å². The third-order valence-electron chi connectivity index (χ3n) is 2.68. The molecule has 0 aliphatic carbocycles. The second-order valence-electron chi connectivity index (χ2n) is 3.87. The number of benzene rings is 2. The summed E-state index contributed by atoms with van der Waals surface area (Å²) in [5.41, 5.74) is 7.79. The lowest BCUT2D eigenvalue weighted by atomic mass is 10.0. The highest BCUT2D eigenvalue weighted by atomic mass is 16.6. The summed E-state index contributed by atoms with van der Waals surface area (Å²) >= 11 is 0. The van der Waals surface area contributed by atoms with Gasteiger partial charge < -0.3 is 11.6 Å². The van der Waals surface area contributed by atoms with Crippen molar-refractivity contribution in [3.8, 4) is 0 Å². The van der Waals surface area contributed by atoms with E-state index in [2.05, 4.69) is 5.10 Å². The van der Waals surface area contributed by atoms with Gasteiger partial charge in [-0.2, -0.15) is 5.10 Å². The molecule has 6 heteroatoms. The standard InChI is InChI=1S/C13H12N4O2/c14-12-7-6-10(17(18)19)8-11(12)13(16-15)9-4-2-1-3-5-9/h1-8H,14-15H2. The first-order valence-corrected chi connectivity index (χ1v) is 5.51. The van der Waals surface area contributed by atoms with Crippen LogP contribution < -0.4 is 11.6 Å². The minimum atomic E-state index is -0.484. The Kier molecular flexibility index (Phi) is 3.42. The fourth-order valence-electron chi connectivity index (χ4n) is 1.76. The van der Waals surface area contributed by atoms with E-state index in [4.69, 9.17) is 11.6 Å². The van der Waals surface area contributed by atoms with Gasteiger partial charge >= 0.3 is 0 Å². The van der Waals surface area contributed by atoms with Crippen molar-refractivity contribution in [3.05, 3.63) is 69.8 Å². The average Bonchev–Trinajstić information content (AvgIpc) is 2.42. The molecule has 0 saturated heterocycles. The van der Waals surface area contributed by atoms with Crippen LogP contribution in [0, 0.1) is 10.1 Å². The first kappa shape index (κ1) is 12.6. The molecule has 0 aliphatic rings. The Hall–Kier alpha value is -2.89. The van der Waals surface area contributed by atoms with Crippen LogP contribution in [0.5, 0.6) is 0 Å². The minimum Gasteiger partial charge on any atom is -0.398 e. The maximum Gasteiger partial charge on any atom is 0.270 e. The van der Waals surface area contributed by atoms with E-state index in [1.807, 2.05) is 30.3 Å². The smallest absolute Gasteiger partial charge is 0.270 e. The number of hydrazone groups is 1. The van der Waals surface area contributed by atoms with E-state index in [1.165, 1.54) is 18.2 Å². The number of rotatable bonds is 3. The molecule has 0 saturated carbocycles. The SMILES string of the molecule is NN=C(c1ccccc1)c1cc([N+](=O)[O-])ccc1N. The van der Waals surface area contributed by atoms with Crippen molar-refractivity contribution in [2.45, 2.75) is 0 Å². The fourth-order valence-corrected chi connectivity index (χ4v) is 1.76. The van der Waals surface area contributed by atoms with Crippen molar-refractivity contribution >= 4 is 17.1 Å². The monoisotopic (exact) mass is 256 g/mol. The molecule has 0 aromatic heterocycles. The van der Waals surface area contributed by atoms with Crippen LogP contribution in [-0.4, -0.2) is 10.6 Å². The van der Waals surface area contributed by atoms with Crippen molar-refractivity contribution in [1.82, 2.24) is 0 Å². The van der Waals surface area contributed by atoms with E-state index in [1.54, 1.807) is 0 Å². The molecule has 0 unspecified atom stereocenters. The van der Waals surface area contributed by atoms with Gasteiger partial charge in [0.05, 0.1) is 10.6 Å². The summed E-state index contributed by atoms with van der Waals surface area (Å²) in [6.45, 7) is 0. The number of nitrogen functional groups attached to an aromatic ring is 1. The maximum absolute atomic E-state index is 10.8. The zero-order valence-corrected chi connectivity index (χ0v) is 9.98. The van der Waals surface area contributed by atoms with Gasteiger partial charge in [-0.3, -0.25) is 10.1 Å². The van der Waals surface area contributed by atoms with Gasteiger partial charge in [-0.15, -0.1) is 0 Å². The molecule has 0 heterocycles. The van der Waals surface area contributed by atoms with Crippen molar-refractivity contribution < 1.29 is 4.92 Å². The van der Waals surface area contributed by atoms with Gasteiger partial charge in [0, 0.05) is 28.9 Å². The predicted molar refractivity (Wildman–Crippen MR) is 73.8 cm³/mol. The summed E-state index contributed by atoms with van der Waals surface area (Å²) in [6.07, 6.45) is 0. The highest BCUT2D eigenvalue weighted by Crippen LogP contribution is 2.22. The van der Waals surface area contributed by atoms with Gasteiger partial charge in [0.1, 0.15) is 0 Å². The summed E-state index contributed by atoms with van der Waals surface area (Å²) in [5, 5.41) is 14.5. The van der Waals surface area contributed by atoms with Crippen LogP contribution in [-0.2, 0) is 0 Å². The van der Waals surface area contributed by atoms with Crippen molar-refractivity contribution in [2.24, 2.45) is 10.9 Å². The van der Waals surface area contributed by atoms with Gasteiger partial charge in [-0.05, 0) is 6.07 Å². The lowest BCUT2D eigenvalue weighted by Crippen LogP contribution is -2.09. The summed E-state index contributed by atoms with van der Waals surface area (Å²) in [6, 6.07) is 13.3. The molecule has 0 spiro atoms. The molecule has 2 aromatic rings. The third-order valence-corrected chi connectivity index (χ3v) is 2.68. The Morgan fingerprint density at radius 2 is 1.84 bits per heavy atom. The molecule has 2 rings (SSSR count). The van der Waals surface area contributed by atoms with E-state index in [9.17, 15) is 10.1 Å². The van der Waals surface area contributed by atoms with Crippen LogP contribution in [0.15, 0.2) is 53.6 Å².